The molecule has 0 aliphatic heterocycles. The minimum Gasteiger partial charge on any atom is -0.236 e. The molecule has 0 fully saturated rings. The van der Waals surface area contributed by atoms with Crippen molar-refractivity contribution in [2.24, 2.45) is 0 Å². The number of aromatic nitrogens is 2. The first kappa shape index (κ1) is 5.70. The lowest BCUT2D eigenvalue weighted by atomic mass is 10.3. The Hall–Kier alpha value is -1.06. The molecule has 0 aromatic carbocycles. The van der Waals surface area contributed by atoms with Crippen molar-refractivity contribution in [1.29, 1.82) is 0 Å². The number of hydrogen-bond donors (Lipinski definition) is 0. The zero-order valence-corrected chi connectivity index (χ0v) is 5.31. The van der Waals surface area contributed by atoms with E-state index in [-0.39, 0.29) is 6.17 Å². The van der Waals surface area contributed by atoms with Crippen LogP contribution in [0.4, 0.5) is 8.78 Å². The minimum absolute atomic E-state index is 0.198. The molecule has 0 radical (unpaired) electrons. The first-order valence-corrected chi connectivity index (χ1v) is 2.68. The molecule has 10 heavy (non-hydrogen) atoms. The third-order valence-corrected chi connectivity index (χ3v) is 0.909. The maximum Gasteiger partial charge on any atom is 0.303 e. The molecule has 0 saturated heterocycles. The Morgan fingerprint density at radius 3 is 2.70 bits per heavy atom. The van der Waals surface area contributed by atoms with Gasteiger partial charge >= 0.3 is 5.92 Å². The van der Waals surface area contributed by atoms with Gasteiger partial charge in [-0.1, -0.05) is 0 Å². The maximum absolute atomic E-state index is 12.4. The zero-order chi connectivity index (χ0) is 8.48. The normalized spacial score (nSPS) is 12.9. The number of hydrogen-bond acceptors (Lipinski definition) is 2. The summed E-state index contributed by atoms with van der Waals surface area (Å²) in [6.07, 6.45) is 0.943. The molecule has 2 nitrogen and oxygen atoms in total. The second-order valence-corrected chi connectivity index (χ2v) is 1.90. The highest BCUT2D eigenvalue weighted by molar-refractivity contribution is 4.94. The molecule has 0 spiro atoms. The Kier molecular flexibility index (Phi) is 1.30. The summed E-state index contributed by atoms with van der Waals surface area (Å²) in [6.45, 7) is 0.696. The number of nitrogens with zero attached hydrogens (tertiary/aromatic N) is 2. The van der Waals surface area contributed by atoms with E-state index in [2.05, 4.69) is 9.97 Å². The van der Waals surface area contributed by atoms with E-state index in [9.17, 15) is 8.78 Å². The van der Waals surface area contributed by atoms with Crippen molar-refractivity contribution in [3.05, 3.63) is 24.3 Å². The molecule has 4 heteroatoms. The minimum atomic E-state index is -3.06. The summed E-state index contributed by atoms with van der Waals surface area (Å²) < 4.78 is 31.8. The number of halogens is 2. The quantitative estimate of drug-likeness (QED) is 0.599. The zero-order valence-electron chi connectivity index (χ0n) is 6.31. The lowest BCUT2D eigenvalue weighted by molar-refractivity contribution is 0.00767. The van der Waals surface area contributed by atoms with Crippen LogP contribution in [0.2, 0.25) is 0 Å². The third kappa shape index (κ3) is 1.46. The van der Waals surface area contributed by atoms with Gasteiger partial charge < -0.3 is 0 Å². The molecule has 1 rings (SSSR count). The van der Waals surface area contributed by atoms with E-state index < -0.39 is 11.7 Å². The van der Waals surface area contributed by atoms with E-state index in [0.29, 0.717) is 6.92 Å². The molecule has 0 N–H and O–H groups in total. The first-order chi connectivity index (χ1) is 5.00. The lowest BCUT2D eigenvalue weighted by Crippen LogP contribution is -2.11. The maximum atomic E-state index is 12.4. The molecule has 1 heterocycles. The molecule has 0 aliphatic carbocycles. The molecule has 0 saturated carbocycles. The van der Waals surface area contributed by atoms with E-state index in [1.807, 2.05) is 0 Å². The van der Waals surface area contributed by atoms with E-state index in [0.717, 1.165) is 6.20 Å². The van der Waals surface area contributed by atoms with E-state index in [1.165, 1.54) is 6.07 Å². The van der Waals surface area contributed by atoms with Gasteiger partial charge in [0.2, 0.25) is 0 Å². The Morgan fingerprint density at radius 2 is 2.30 bits per heavy atom. The molecule has 1 aromatic rings. The van der Waals surface area contributed by atoms with Gasteiger partial charge in [-0.25, -0.2) is 9.97 Å². The Bertz CT molecular complexity index is 259. The van der Waals surface area contributed by atoms with Crippen molar-refractivity contribution in [3.63, 3.8) is 0 Å². The largest absolute Gasteiger partial charge is 0.303 e. The van der Waals surface area contributed by atoms with Gasteiger partial charge in [-0.3, -0.25) is 0 Å². The van der Waals surface area contributed by atoms with E-state index in [1.54, 1.807) is 0 Å². The summed E-state index contributed by atoms with van der Waals surface area (Å²) in [6, 6.07) is 1.25. The second-order valence-electron chi connectivity index (χ2n) is 1.90. The van der Waals surface area contributed by atoms with Gasteiger partial charge in [-0.15, -0.1) is 0 Å². The summed E-state index contributed by atoms with van der Waals surface area (Å²) >= 11 is 0. The van der Waals surface area contributed by atoms with Crippen molar-refractivity contribution >= 4 is 0 Å². The standard InChI is InChI=1S/C6H6F2N2/c1-6(7,8)5-9-3-2-4-10-5/h2-4H,1H3/i3D. The summed E-state index contributed by atoms with van der Waals surface area (Å²) in [4.78, 5) is 6.58. The monoisotopic (exact) mass is 145 g/mol. The number of alkyl halides is 2. The van der Waals surface area contributed by atoms with Crippen LogP contribution in [0, 0.1) is 0 Å². The van der Waals surface area contributed by atoms with Crippen LogP contribution in [0.5, 0.6) is 0 Å². The van der Waals surface area contributed by atoms with Crippen LogP contribution < -0.4 is 0 Å². The topological polar surface area (TPSA) is 25.8 Å². The van der Waals surface area contributed by atoms with Crippen LogP contribution in [0.1, 0.15) is 14.1 Å². The summed E-state index contributed by atoms with van der Waals surface area (Å²) in [7, 11) is 0. The predicted molar refractivity (Wildman–Crippen MR) is 31.6 cm³/mol. The van der Waals surface area contributed by atoms with E-state index in [4.69, 9.17) is 1.37 Å². The fraction of sp³-hybridized carbons (Fsp3) is 0.333. The number of rotatable bonds is 1. The van der Waals surface area contributed by atoms with Crippen LogP contribution in [0.25, 0.3) is 0 Å². The van der Waals surface area contributed by atoms with Crippen molar-refractivity contribution in [2.45, 2.75) is 12.8 Å². The smallest absolute Gasteiger partial charge is 0.236 e. The fourth-order valence-electron chi connectivity index (χ4n) is 0.480. The molecule has 0 aliphatic rings. The van der Waals surface area contributed by atoms with Crippen molar-refractivity contribution < 1.29 is 10.2 Å². The molecular weight excluding hydrogens is 138 g/mol. The van der Waals surface area contributed by atoms with Crippen molar-refractivity contribution in [1.82, 2.24) is 9.97 Å². The third-order valence-electron chi connectivity index (χ3n) is 0.909. The Morgan fingerprint density at radius 1 is 1.60 bits per heavy atom. The van der Waals surface area contributed by atoms with Gasteiger partial charge in [-0.05, 0) is 6.07 Å². The molecule has 0 bridgehead atoms. The molecule has 54 valence electrons. The molecule has 0 unspecified atom stereocenters. The predicted octanol–water partition coefficient (Wildman–Crippen LogP) is 1.59. The Balaban J connectivity index is 3.06. The lowest BCUT2D eigenvalue weighted by Gasteiger charge is -2.05. The second kappa shape index (κ2) is 2.28. The van der Waals surface area contributed by atoms with E-state index >= 15 is 0 Å². The van der Waals surface area contributed by atoms with Gasteiger partial charge in [0.1, 0.15) is 0 Å². The fourth-order valence-corrected chi connectivity index (χ4v) is 0.480. The van der Waals surface area contributed by atoms with Crippen LogP contribution >= 0.6 is 0 Å². The molecule has 0 atom stereocenters. The highest BCUT2D eigenvalue weighted by Gasteiger charge is 2.26. The van der Waals surface area contributed by atoms with Crippen LogP contribution in [-0.2, 0) is 5.92 Å². The summed E-state index contributed by atoms with van der Waals surface area (Å²) in [5, 5.41) is 0. The average molecular weight is 145 g/mol. The van der Waals surface area contributed by atoms with Gasteiger partial charge in [0.05, 0.1) is 1.37 Å². The van der Waals surface area contributed by atoms with Gasteiger partial charge in [0.15, 0.2) is 5.82 Å². The summed E-state index contributed by atoms with van der Waals surface area (Å²) in [5.41, 5.74) is 0. The molecule has 0 amide bonds. The van der Waals surface area contributed by atoms with Crippen LogP contribution in [0.3, 0.4) is 0 Å². The van der Waals surface area contributed by atoms with Crippen molar-refractivity contribution in [2.75, 3.05) is 0 Å². The van der Waals surface area contributed by atoms with Crippen LogP contribution in [0.15, 0.2) is 18.4 Å². The molecule has 1 aromatic heterocycles. The Labute approximate surface area is 58.3 Å². The SMILES string of the molecule is [2H]c1ccnc(C(C)(F)F)n1. The molecular formula is C6H6F2N2. The van der Waals surface area contributed by atoms with Gasteiger partial charge in [0.25, 0.3) is 0 Å². The van der Waals surface area contributed by atoms with Gasteiger partial charge in [-0.2, -0.15) is 8.78 Å². The average Bonchev–Trinajstić information content (AvgIpc) is 1.86. The highest BCUT2D eigenvalue weighted by Crippen LogP contribution is 2.21. The van der Waals surface area contributed by atoms with Crippen molar-refractivity contribution in [3.8, 4) is 0 Å². The highest BCUT2D eigenvalue weighted by atomic mass is 19.3. The van der Waals surface area contributed by atoms with Crippen LogP contribution in [-0.4, -0.2) is 9.97 Å². The van der Waals surface area contributed by atoms with Gasteiger partial charge in [0, 0.05) is 19.3 Å². The first-order valence-electron chi connectivity index (χ1n) is 3.18. The summed E-state index contributed by atoms with van der Waals surface area (Å²) in [5.74, 6) is -3.66.